The van der Waals surface area contributed by atoms with Gasteiger partial charge in [-0.25, -0.2) is 0 Å². The van der Waals surface area contributed by atoms with Crippen LogP contribution in [-0.4, -0.2) is 41.0 Å². The molecule has 4 N–H and O–H groups in total. The first-order valence-corrected chi connectivity index (χ1v) is 3.82. The zero-order valence-electron chi connectivity index (χ0n) is 6.80. The topological polar surface area (TPSA) is 92.8 Å². The van der Waals surface area contributed by atoms with E-state index in [-0.39, 0.29) is 6.61 Å². The third-order valence-electron chi connectivity index (χ3n) is 2.18. The number of cyclic esters (lactones) is 1. The van der Waals surface area contributed by atoms with E-state index >= 15 is 0 Å². The normalized spacial score (nSPS) is 43.5. The van der Waals surface area contributed by atoms with E-state index < -0.39 is 30.1 Å². The van der Waals surface area contributed by atoms with Gasteiger partial charge in [0.25, 0.3) is 0 Å². The maximum Gasteiger partial charge on any atom is 0.325 e. The summed E-state index contributed by atoms with van der Waals surface area (Å²) >= 11 is 0. The van der Waals surface area contributed by atoms with E-state index in [2.05, 4.69) is 4.74 Å². The van der Waals surface area contributed by atoms with Crippen molar-refractivity contribution in [2.45, 2.75) is 25.2 Å². The van der Waals surface area contributed by atoms with Crippen LogP contribution in [0.3, 0.4) is 0 Å². The van der Waals surface area contributed by atoms with Crippen molar-refractivity contribution in [1.82, 2.24) is 0 Å². The van der Waals surface area contributed by atoms with Crippen LogP contribution in [0.15, 0.2) is 0 Å². The van der Waals surface area contributed by atoms with Crippen LogP contribution in [0.1, 0.15) is 6.92 Å². The van der Waals surface area contributed by atoms with Crippen molar-refractivity contribution in [2.75, 3.05) is 6.61 Å². The molecule has 0 aliphatic carbocycles. The van der Waals surface area contributed by atoms with Gasteiger partial charge in [-0.1, -0.05) is 6.92 Å². The Balaban J connectivity index is 2.75. The lowest BCUT2D eigenvalue weighted by atomic mass is 9.95. The molecule has 1 saturated heterocycles. The Bertz CT molecular complexity index is 184. The van der Waals surface area contributed by atoms with Crippen LogP contribution in [0.2, 0.25) is 0 Å². The number of rotatable bonds is 0. The lowest BCUT2D eigenvalue weighted by molar-refractivity contribution is -0.147. The predicted molar refractivity (Wildman–Crippen MR) is 40.1 cm³/mol. The monoisotopic (exact) mass is 175 g/mol. The first-order valence-electron chi connectivity index (χ1n) is 3.82. The summed E-state index contributed by atoms with van der Waals surface area (Å²) in [6.07, 6.45) is -1.87. The Kier molecular flexibility index (Phi) is 2.66. The fraction of sp³-hybridized carbons (Fsp3) is 0.857. The molecule has 5 nitrogen and oxygen atoms in total. The molecule has 0 aromatic rings. The molecule has 4 unspecified atom stereocenters. The molecule has 1 rings (SSSR count). The molecule has 12 heavy (non-hydrogen) atoms. The van der Waals surface area contributed by atoms with Gasteiger partial charge < -0.3 is 20.7 Å². The SMILES string of the molecule is CC1C(O)COC(=O)C(N)C1O. The van der Waals surface area contributed by atoms with Crippen LogP contribution in [0.5, 0.6) is 0 Å². The van der Waals surface area contributed by atoms with E-state index in [9.17, 15) is 15.0 Å². The third-order valence-corrected chi connectivity index (χ3v) is 2.18. The fourth-order valence-corrected chi connectivity index (χ4v) is 1.11. The quantitative estimate of drug-likeness (QED) is 0.379. The minimum absolute atomic E-state index is 0.0925. The predicted octanol–water partition coefficient (Wildman–Crippen LogP) is -1.77. The second-order valence-electron chi connectivity index (χ2n) is 3.07. The maximum absolute atomic E-state index is 10.9. The number of carbonyl (C=O) groups excluding carboxylic acids is 1. The zero-order valence-corrected chi connectivity index (χ0v) is 6.80. The first kappa shape index (κ1) is 9.44. The van der Waals surface area contributed by atoms with Gasteiger partial charge in [0.1, 0.15) is 12.6 Å². The highest BCUT2D eigenvalue weighted by atomic mass is 16.5. The summed E-state index contributed by atoms with van der Waals surface area (Å²) in [6.45, 7) is 1.53. The van der Waals surface area contributed by atoms with Crippen molar-refractivity contribution in [3.8, 4) is 0 Å². The van der Waals surface area contributed by atoms with Crippen molar-refractivity contribution in [3.63, 3.8) is 0 Å². The molecule has 0 radical (unpaired) electrons. The second kappa shape index (κ2) is 3.38. The van der Waals surface area contributed by atoms with E-state index in [0.29, 0.717) is 0 Å². The summed E-state index contributed by atoms with van der Waals surface area (Å²) in [5.41, 5.74) is 5.34. The fourth-order valence-electron chi connectivity index (χ4n) is 1.11. The number of hydrogen-bond donors (Lipinski definition) is 3. The lowest BCUT2D eigenvalue weighted by Crippen LogP contribution is -2.45. The molecule has 0 saturated carbocycles. The zero-order chi connectivity index (χ0) is 9.30. The number of aliphatic hydroxyl groups is 2. The molecular weight excluding hydrogens is 162 g/mol. The molecule has 0 spiro atoms. The van der Waals surface area contributed by atoms with Gasteiger partial charge in [0.15, 0.2) is 0 Å². The highest BCUT2D eigenvalue weighted by molar-refractivity contribution is 5.76. The summed E-state index contributed by atoms with van der Waals surface area (Å²) in [5, 5.41) is 18.7. The molecule has 0 amide bonds. The van der Waals surface area contributed by atoms with Crippen molar-refractivity contribution >= 4 is 5.97 Å². The van der Waals surface area contributed by atoms with Crippen molar-refractivity contribution in [3.05, 3.63) is 0 Å². The molecule has 70 valence electrons. The van der Waals surface area contributed by atoms with Crippen LogP contribution in [-0.2, 0) is 9.53 Å². The van der Waals surface area contributed by atoms with Crippen molar-refractivity contribution < 1.29 is 19.7 Å². The van der Waals surface area contributed by atoms with Crippen LogP contribution in [0.4, 0.5) is 0 Å². The molecule has 1 aliphatic rings. The van der Waals surface area contributed by atoms with E-state index in [1.165, 1.54) is 0 Å². The Labute approximate surface area is 70.1 Å². The first-order chi connectivity index (χ1) is 5.54. The van der Waals surface area contributed by atoms with Crippen LogP contribution >= 0.6 is 0 Å². The van der Waals surface area contributed by atoms with Gasteiger partial charge in [-0.15, -0.1) is 0 Å². The van der Waals surface area contributed by atoms with E-state index in [0.717, 1.165) is 0 Å². The molecule has 0 bridgehead atoms. The van der Waals surface area contributed by atoms with Gasteiger partial charge in [-0.3, -0.25) is 4.79 Å². The number of ether oxygens (including phenoxy) is 1. The number of carbonyl (C=O) groups is 1. The minimum atomic E-state index is -1.04. The molecule has 4 atom stereocenters. The third kappa shape index (κ3) is 1.57. The average molecular weight is 175 g/mol. The molecule has 0 aromatic carbocycles. The van der Waals surface area contributed by atoms with Gasteiger partial charge in [-0.05, 0) is 0 Å². The summed E-state index contributed by atoms with van der Waals surface area (Å²) in [4.78, 5) is 10.9. The Morgan fingerprint density at radius 3 is 2.75 bits per heavy atom. The molecule has 1 aliphatic heterocycles. The highest BCUT2D eigenvalue weighted by Gasteiger charge is 2.36. The summed E-state index contributed by atoms with van der Waals surface area (Å²) in [7, 11) is 0. The van der Waals surface area contributed by atoms with Gasteiger partial charge in [0.2, 0.25) is 0 Å². The van der Waals surface area contributed by atoms with Gasteiger partial charge in [-0.2, -0.15) is 0 Å². The van der Waals surface area contributed by atoms with E-state index in [1.807, 2.05) is 0 Å². The summed E-state index contributed by atoms with van der Waals surface area (Å²) < 4.78 is 4.59. The molecular formula is C7H13NO4. The summed E-state index contributed by atoms with van der Waals surface area (Å²) in [6, 6.07) is -1.04. The van der Waals surface area contributed by atoms with Gasteiger partial charge in [0, 0.05) is 5.92 Å². The van der Waals surface area contributed by atoms with Crippen LogP contribution in [0, 0.1) is 5.92 Å². The lowest BCUT2D eigenvalue weighted by Gasteiger charge is -2.20. The number of esters is 1. The smallest absolute Gasteiger partial charge is 0.325 e. The van der Waals surface area contributed by atoms with Crippen LogP contribution < -0.4 is 5.73 Å². The second-order valence-corrected chi connectivity index (χ2v) is 3.07. The minimum Gasteiger partial charge on any atom is -0.462 e. The van der Waals surface area contributed by atoms with Crippen LogP contribution in [0.25, 0.3) is 0 Å². The molecule has 1 fully saturated rings. The Morgan fingerprint density at radius 1 is 1.58 bits per heavy atom. The van der Waals surface area contributed by atoms with Crippen molar-refractivity contribution in [2.24, 2.45) is 11.7 Å². The highest BCUT2D eigenvalue weighted by Crippen LogP contribution is 2.16. The molecule has 1 heterocycles. The molecule has 5 heteroatoms. The van der Waals surface area contributed by atoms with Gasteiger partial charge in [0.05, 0.1) is 12.2 Å². The van der Waals surface area contributed by atoms with Gasteiger partial charge >= 0.3 is 5.97 Å². The number of nitrogens with two attached hydrogens (primary N) is 1. The maximum atomic E-state index is 10.9. The van der Waals surface area contributed by atoms with E-state index in [1.54, 1.807) is 6.92 Å². The summed E-state index contributed by atoms with van der Waals surface area (Å²) in [5.74, 6) is -1.10. The van der Waals surface area contributed by atoms with E-state index in [4.69, 9.17) is 5.73 Å². The number of aliphatic hydroxyl groups excluding tert-OH is 2. The standard InChI is InChI=1S/C7H13NO4/c1-3-4(9)2-12-7(11)5(8)6(3)10/h3-6,9-10H,2,8H2,1H3. The Morgan fingerprint density at radius 2 is 2.17 bits per heavy atom. The molecule has 0 aromatic heterocycles. The largest absolute Gasteiger partial charge is 0.462 e. The van der Waals surface area contributed by atoms with Crippen molar-refractivity contribution in [1.29, 1.82) is 0 Å². The number of hydrogen-bond acceptors (Lipinski definition) is 5. The average Bonchev–Trinajstić information content (AvgIpc) is 2.14. The Hall–Kier alpha value is -0.650.